The van der Waals surface area contributed by atoms with Crippen molar-refractivity contribution in [1.82, 2.24) is 14.8 Å². The molecule has 7 heteroatoms. The molecule has 94 valence electrons. The van der Waals surface area contributed by atoms with Gasteiger partial charge in [-0.1, -0.05) is 25.1 Å². The van der Waals surface area contributed by atoms with Crippen LogP contribution >= 0.6 is 11.8 Å². The molecule has 1 aliphatic rings. The molecule has 6 nitrogen and oxygen atoms in total. The first-order valence-corrected chi connectivity index (χ1v) is 6.57. The van der Waals surface area contributed by atoms with Gasteiger partial charge in [0.15, 0.2) is 5.16 Å². The van der Waals surface area contributed by atoms with Gasteiger partial charge >= 0.3 is 11.7 Å². The van der Waals surface area contributed by atoms with Crippen LogP contribution < -0.4 is 5.69 Å². The molecule has 0 amide bonds. The zero-order chi connectivity index (χ0) is 12.4. The summed E-state index contributed by atoms with van der Waals surface area (Å²) in [5.74, 6) is -0.852. The minimum atomic E-state index is -0.852. The molecule has 1 heterocycles. The molecule has 0 radical (unpaired) electrons. The lowest BCUT2D eigenvalue weighted by Crippen LogP contribution is -2.19. The second kappa shape index (κ2) is 4.95. The van der Waals surface area contributed by atoms with Crippen molar-refractivity contribution in [2.45, 2.75) is 49.1 Å². The van der Waals surface area contributed by atoms with Crippen molar-refractivity contribution in [3.8, 4) is 0 Å². The predicted octanol–water partition coefficient (Wildman–Crippen LogP) is 1.25. The molecule has 0 aliphatic heterocycles. The second-order valence-electron chi connectivity index (χ2n) is 4.15. The fourth-order valence-corrected chi connectivity index (χ4v) is 2.80. The Morgan fingerprint density at radius 3 is 2.94 bits per heavy atom. The average molecular weight is 257 g/mol. The van der Waals surface area contributed by atoms with Gasteiger partial charge in [0.1, 0.15) is 5.25 Å². The predicted molar refractivity (Wildman–Crippen MR) is 63.3 cm³/mol. The third-order valence-electron chi connectivity index (χ3n) is 2.66. The highest BCUT2D eigenvalue weighted by molar-refractivity contribution is 8.00. The topological polar surface area (TPSA) is 88.0 Å². The van der Waals surface area contributed by atoms with Crippen LogP contribution in [0, 0.1) is 0 Å². The number of aromatic nitrogens is 3. The van der Waals surface area contributed by atoms with Crippen molar-refractivity contribution >= 4 is 17.7 Å². The van der Waals surface area contributed by atoms with Crippen molar-refractivity contribution in [2.24, 2.45) is 0 Å². The highest BCUT2D eigenvalue weighted by atomic mass is 32.2. The minimum Gasteiger partial charge on any atom is -0.480 e. The summed E-state index contributed by atoms with van der Waals surface area (Å²) < 4.78 is 1.58. The van der Waals surface area contributed by atoms with Crippen LogP contribution in [0.2, 0.25) is 0 Å². The van der Waals surface area contributed by atoms with Crippen molar-refractivity contribution in [1.29, 1.82) is 0 Å². The molecule has 17 heavy (non-hydrogen) atoms. The van der Waals surface area contributed by atoms with Crippen LogP contribution in [0.25, 0.3) is 0 Å². The zero-order valence-electron chi connectivity index (χ0n) is 9.55. The number of hydrogen-bond acceptors (Lipinski definition) is 4. The zero-order valence-corrected chi connectivity index (χ0v) is 10.4. The van der Waals surface area contributed by atoms with Crippen molar-refractivity contribution in [2.75, 3.05) is 0 Å². The highest BCUT2D eigenvalue weighted by Gasteiger charge is 2.30. The van der Waals surface area contributed by atoms with Gasteiger partial charge in [-0.3, -0.25) is 9.36 Å². The van der Waals surface area contributed by atoms with E-state index in [0.717, 1.165) is 31.0 Å². The Morgan fingerprint density at radius 1 is 1.71 bits per heavy atom. The summed E-state index contributed by atoms with van der Waals surface area (Å²) in [4.78, 5) is 22.6. The molecule has 2 N–H and O–H groups in total. The molecule has 0 spiro atoms. The number of nitrogens with one attached hydrogen (secondary N) is 1. The first-order valence-electron chi connectivity index (χ1n) is 5.69. The van der Waals surface area contributed by atoms with E-state index in [9.17, 15) is 9.59 Å². The first kappa shape index (κ1) is 12.2. The average Bonchev–Trinajstić information content (AvgIpc) is 3.04. The van der Waals surface area contributed by atoms with Crippen LogP contribution in [0.1, 0.15) is 38.6 Å². The Balaban J connectivity index is 2.16. The Hall–Kier alpha value is -1.24. The summed E-state index contributed by atoms with van der Waals surface area (Å²) in [7, 11) is 0. The molecule has 1 aromatic rings. The van der Waals surface area contributed by atoms with Gasteiger partial charge in [0.25, 0.3) is 0 Å². The maximum Gasteiger partial charge on any atom is 0.344 e. The van der Waals surface area contributed by atoms with Gasteiger partial charge in [0.2, 0.25) is 0 Å². The van der Waals surface area contributed by atoms with Crippen LogP contribution in [0.4, 0.5) is 0 Å². The number of aromatic amines is 1. The van der Waals surface area contributed by atoms with Gasteiger partial charge < -0.3 is 5.11 Å². The Labute approximate surface area is 102 Å². The molecule has 1 aromatic heterocycles. The number of aliphatic carboxylic acids is 1. The maximum atomic E-state index is 11.5. The van der Waals surface area contributed by atoms with E-state index in [4.69, 9.17) is 5.11 Å². The Bertz CT molecular complexity index is 464. The van der Waals surface area contributed by atoms with Gasteiger partial charge in [-0.2, -0.15) is 0 Å². The highest BCUT2D eigenvalue weighted by Crippen LogP contribution is 2.37. The largest absolute Gasteiger partial charge is 0.480 e. The van der Waals surface area contributed by atoms with Crippen molar-refractivity contribution < 1.29 is 9.90 Å². The van der Waals surface area contributed by atoms with Crippen molar-refractivity contribution in [3.63, 3.8) is 0 Å². The smallest absolute Gasteiger partial charge is 0.344 e. The van der Waals surface area contributed by atoms with Gasteiger partial charge in [-0.15, -0.1) is 5.10 Å². The number of carbonyl (C=O) groups is 1. The fourth-order valence-electron chi connectivity index (χ4n) is 1.65. The van der Waals surface area contributed by atoms with Crippen LogP contribution in [-0.4, -0.2) is 31.1 Å². The summed E-state index contributed by atoms with van der Waals surface area (Å²) in [6.45, 7) is 1.94. The molecule has 0 bridgehead atoms. The van der Waals surface area contributed by atoms with Gasteiger partial charge in [0, 0.05) is 6.04 Å². The molecular weight excluding hydrogens is 242 g/mol. The summed E-state index contributed by atoms with van der Waals surface area (Å²) in [6.07, 6.45) is 3.31. The number of rotatable bonds is 6. The Morgan fingerprint density at radius 2 is 2.41 bits per heavy atom. The number of H-pyrrole nitrogens is 1. The van der Waals surface area contributed by atoms with Gasteiger partial charge in [-0.05, 0) is 19.3 Å². The molecule has 1 atom stereocenters. The number of thioether (sulfide) groups is 1. The number of nitrogens with zero attached hydrogens (tertiary/aromatic N) is 2. The SMILES string of the molecule is CCCC(Sc1n[nH]c(=O)n1C1CC1)C(=O)O. The Kier molecular flexibility index (Phi) is 3.56. The van der Waals surface area contributed by atoms with E-state index in [-0.39, 0.29) is 11.7 Å². The number of carboxylic acids is 1. The molecule has 1 saturated carbocycles. The standard InChI is InChI=1S/C10H15N3O3S/c1-2-3-7(8(14)15)17-10-12-11-9(16)13(10)6-4-5-6/h6-7H,2-5H2,1H3,(H,11,16)(H,14,15). The molecule has 1 fully saturated rings. The van der Waals surface area contributed by atoms with E-state index in [1.807, 2.05) is 6.92 Å². The van der Waals surface area contributed by atoms with E-state index in [1.54, 1.807) is 4.57 Å². The summed E-state index contributed by atoms with van der Waals surface area (Å²) in [5, 5.41) is 15.3. The van der Waals surface area contributed by atoms with E-state index >= 15 is 0 Å². The van der Waals surface area contributed by atoms with Gasteiger partial charge in [-0.25, -0.2) is 9.89 Å². The van der Waals surface area contributed by atoms with E-state index in [0.29, 0.717) is 11.6 Å². The third-order valence-corrected chi connectivity index (χ3v) is 3.88. The lowest BCUT2D eigenvalue weighted by Gasteiger charge is -2.10. The number of hydrogen-bond donors (Lipinski definition) is 2. The quantitative estimate of drug-likeness (QED) is 0.749. The van der Waals surface area contributed by atoms with Crippen LogP contribution in [-0.2, 0) is 4.79 Å². The summed E-state index contributed by atoms with van der Waals surface area (Å²) in [6, 6.07) is 0.208. The third kappa shape index (κ3) is 2.71. The van der Waals surface area contributed by atoms with Crippen LogP contribution in [0.15, 0.2) is 9.95 Å². The monoisotopic (exact) mass is 257 g/mol. The maximum absolute atomic E-state index is 11.5. The van der Waals surface area contributed by atoms with E-state index in [1.165, 1.54) is 0 Å². The summed E-state index contributed by atoms with van der Waals surface area (Å²) in [5.41, 5.74) is -0.240. The second-order valence-corrected chi connectivity index (χ2v) is 5.32. The molecule has 1 aliphatic carbocycles. The first-order chi connectivity index (χ1) is 8.13. The lowest BCUT2D eigenvalue weighted by atomic mass is 10.2. The number of carboxylic acid groups (broad SMARTS) is 1. The van der Waals surface area contributed by atoms with E-state index < -0.39 is 11.2 Å². The van der Waals surface area contributed by atoms with Crippen LogP contribution in [0.3, 0.4) is 0 Å². The minimum absolute atomic E-state index is 0.208. The van der Waals surface area contributed by atoms with Crippen molar-refractivity contribution in [3.05, 3.63) is 10.5 Å². The van der Waals surface area contributed by atoms with Crippen LogP contribution in [0.5, 0.6) is 0 Å². The van der Waals surface area contributed by atoms with E-state index in [2.05, 4.69) is 10.2 Å². The molecular formula is C10H15N3O3S. The molecule has 2 rings (SSSR count). The molecule has 1 unspecified atom stereocenters. The molecule has 0 aromatic carbocycles. The van der Waals surface area contributed by atoms with Gasteiger partial charge in [0.05, 0.1) is 0 Å². The molecule has 0 saturated heterocycles. The summed E-state index contributed by atoms with van der Waals surface area (Å²) >= 11 is 1.16. The fraction of sp³-hybridized carbons (Fsp3) is 0.700. The lowest BCUT2D eigenvalue weighted by molar-refractivity contribution is -0.136. The normalized spacial score (nSPS) is 17.0.